The summed E-state index contributed by atoms with van der Waals surface area (Å²) >= 11 is 0. The maximum atomic E-state index is 9.80. The van der Waals surface area contributed by atoms with E-state index in [1.807, 2.05) is 0 Å². The van der Waals surface area contributed by atoms with Crippen molar-refractivity contribution in [3.63, 3.8) is 0 Å². The lowest BCUT2D eigenvalue weighted by Gasteiger charge is -1.83. The van der Waals surface area contributed by atoms with Gasteiger partial charge in [0.2, 0.25) is 0 Å². The van der Waals surface area contributed by atoms with Crippen LogP contribution in [0, 0.1) is 10.1 Å². The molecule has 0 spiro atoms. The van der Waals surface area contributed by atoms with E-state index in [9.17, 15) is 10.1 Å². The van der Waals surface area contributed by atoms with Crippen LogP contribution in [-0.2, 0) is 0 Å². The quantitative estimate of drug-likeness (QED) is 0.473. The summed E-state index contributed by atoms with van der Waals surface area (Å²) in [6.07, 6.45) is 2.41. The Kier molecular flexibility index (Phi) is 2.66. The fourth-order valence-corrected chi connectivity index (χ4v) is 0.348. The van der Waals surface area contributed by atoms with Gasteiger partial charge in [-0.1, -0.05) is 0 Å². The standard InChI is InChI=1S/C3H3N3O2.ClH/c7-6(8)3-1-4-2-5-3;/h1-2H,(H,4,5);1H. The molecule has 0 radical (unpaired) electrons. The molecular formula is C3H4ClN3O2. The van der Waals surface area contributed by atoms with Gasteiger partial charge in [-0.3, -0.25) is 0 Å². The van der Waals surface area contributed by atoms with Gasteiger partial charge in [-0.05, 0) is 4.92 Å². The van der Waals surface area contributed by atoms with E-state index in [4.69, 9.17) is 0 Å². The molecular weight excluding hydrogens is 146 g/mol. The number of aromatic amines is 1. The highest BCUT2D eigenvalue weighted by atomic mass is 35.5. The summed E-state index contributed by atoms with van der Waals surface area (Å²) in [6.45, 7) is 0. The minimum Gasteiger partial charge on any atom is -0.358 e. The number of hydrogen-bond donors (Lipinski definition) is 1. The molecule has 0 aromatic carbocycles. The molecule has 9 heavy (non-hydrogen) atoms. The van der Waals surface area contributed by atoms with E-state index in [1.165, 1.54) is 6.33 Å². The molecule has 0 aliphatic heterocycles. The summed E-state index contributed by atoms with van der Waals surface area (Å²) in [5, 5.41) is 9.80. The Morgan fingerprint density at radius 2 is 2.44 bits per heavy atom. The van der Waals surface area contributed by atoms with Crippen molar-refractivity contribution in [1.82, 2.24) is 9.97 Å². The summed E-state index contributed by atoms with van der Waals surface area (Å²) in [5.41, 5.74) is 0. The van der Waals surface area contributed by atoms with Crippen molar-refractivity contribution in [3.05, 3.63) is 22.6 Å². The van der Waals surface area contributed by atoms with Gasteiger partial charge < -0.3 is 10.1 Å². The van der Waals surface area contributed by atoms with E-state index >= 15 is 0 Å². The van der Waals surface area contributed by atoms with Crippen LogP contribution < -0.4 is 0 Å². The van der Waals surface area contributed by atoms with E-state index in [1.54, 1.807) is 0 Å². The first kappa shape index (κ1) is 7.90. The second-order valence-corrected chi connectivity index (χ2v) is 1.19. The van der Waals surface area contributed by atoms with Gasteiger partial charge in [-0.25, -0.2) is 9.97 Å². The molecule has 50 valence electrons. The molecule has 0 fully saturated rings. The highest BCUT2D eigenvalue weighted by molar-refractivity contribution is 5.85. The summed E-state index contributed by atoms with van der Waals surface area (Å²) in [6, 6.07) is 0. The summed E-state index contributed by atoms with van der Waals surface area (Å²) in [4.78, 5) is 15.0. The Hall–Kier alpha value is -1.10. The number of H-pyrrole nitrogens is 1. The number of hydrogen-bond acceptors (Lipinski definition) is 3. The van der Waals surface area contributed by atoms with Gasteiger partial charge in [-0.2, -0.15) is 0 Å². The molecule has 0 amide bonds. The number of nitrogens with zero attached hydrogens (tertiary/aromatic N) is 2. The largest absolute Gasteiger partial charge is 0.358 e. The molecule has 0 saturated carbocycles. The van der Waals surface area contributed by atoms with Crippen LogP contribution >= 0.6 is 12.4 Å². The molecule has 0 unspecified atom stereocenters. The molecule has 0 atom stereocenters. The van der Waals surface area contributed by atoms with E-state index in [0.29, 0.717) is 0 Å². The highest BCUT2D eigenvalue weighted by Crippen LogP contribution is 1.99. The smallest absolute Gasteiger partial charge is 0.340 e. The lowest BCUT2D eigenvalue weighted by Crippen LogP contribution is -1.85. The van der Waals surface area contributed by atoms with E-state index in [-0.39, 0.29) is 18.2 Å². The molecule has 1 heterocycles. The van der Waals surface area contributed by atoms with Crippen LogP contribution in [-0.4, -0.2) is 14.9 Å². The summed E-state index contributed by atoms with van der Waals surface area (Å²) in [5.74, 6) is -0.0787. The molecule has 5 nitrogen and oxygen atoms in total. The molecule has 1 N–H and O–H groups in total. The third-order valence-electron chi connectivity index (χ3n) is 0.680. The Morgan fingerprint density at radius 1 is 1.78 bits per heavy atom. The van der Waals surface area contributed by atoms with Crippen LogP contribution in [0.15, 0.2) is 12.5 Å². The molecule has 6 heteroatoms. The second kappa shape index (κ2) is 3.03. The third kappa shape index (κ3) is 1.69. The Morgan fingerprint density at radius 3 is 2.67 bits per heavy atom. The normalized spacial score (nSPS) is 8.00. The number of halogens is 1. The van der Waals surface area contributed by atoms with Crippen molar-refractivity contribution in [3.8, 4) is 0 Å². The van der Waals surface area contributed by atoms with Crippen LogP contribution in [0.1, 0.15) is 0 Å². The van der Waals surface area contributed by atoms with Gasteiger partial charge in [0.1, 0.15) is 6.20 Å². The lowest BCUT2D eigenvalue weighted by molar-refractivity contribution is -0.389. The van der Waals surface area contributed by atoms with Crippen LogP contribution in [0.3, 0.4) is 0 Å². The predicted octanol–water partition coefficient (Wildman–Crippen LogP) is 0.740. The summed E-state index contributed by atoms with van der Waals surface area (Å²) < 4.78 is 0. The zero-order valence-electron chi connectivity index (χ0n) is 4.27. The predicted molar refractivity (Wildman–Crippen MR) is 32.5 cm³/mol. The van der Waals surface area contributed by atoms with Crippen molar-refractivity contribution in [2.45, 2.75) is 0 Å². The van der Waals surface area contributed by atoms with E-state index in [2.05, 4.69) is 9.97 Å². The Labute approximate surface area is 56.7 Å². The zero-order valence-corrected chi connectivity index (χ0v) is 5.09. The molecule has 0 aliphatic carbocycles. The zero-order chi connectivity index (χ0) is 5.98. The molecule has 1 aromatic rings. The van der Waals surface area contributed by atoms with Crippen molar-refractivity contribution >= 4 is 18.2 Å². The van der Waals surface area contributed by atoms with Gasteiger partial charge in [-0.15, -0.1) is 12.4 Å². The number of nitrogens with one attached hydrogen (secondary N) is 1. The van der Waals surface area contributed by atoms with E-state index < -0.39 is 4.92 Å². The van der Waals surface area contributed by atoms with Crippen LogP contribution in [0.5, 0.6) is 0 Å². The first-order valence-corrected chi connectivity index (χ1v) is 1.93. The lowest BCUT2D eigenvalue weighted by atomic mass is 10.8. The van der Waals surface area contributed by atoms with E-state index in [0.717, 1.165) is 6.20 Å². The first-order chi connectivity index (χ1) is 3.80. The number of rotatable bonds is 1. The molecule has 0 saturated heterocycles. The van der Waals surface area contributed by atoms with Gasteiger partial charge >= 0.3 is 5.82 Å². The average molecular weight is 150 g/mol. The maximum absolute atomic E-state index is 9.80. The molecule has 0 bridgehead atoms. The topological polar surface area (TPSA) is 71.8 Å². The fraction of sp³-hybridized carbons (Fsp3) is 0. The number of aromatic nitrogens is 2. The summed E-state index contributed by atoms with van der Waals surface area (Å²) in [7, 11) is 0. The molecule has 0 aliphatic rings. The molecule has 1 aromatic heterocycles. The number of nitro groups is 1. The first-order valence-electron chi connectivity index (χ1n) is 1.93. The number of imidazole rings is 1. The van der Waals surface area contributed by atoms with Gasteiger partial charge in [0.25, 0.3) is 0 Å². The van der Waals surface area contributed by atoms with Gasteiger partial charge in [0.15, 0.2) is 6.33 Å². The Bertz CT molecular complexity index is 185. The minimum atomic E-state index is -0.535. The van der Waals surface area contributed by atoms with Gasteiger partial charge in [0, 0.05) is 0 Å². The van der Waals surface area contributed by atoms with Gasteiger partial charge in [0.05, 0.1) is 0 Å². The average Bonchev–Trinajstić information content (AvgIpc) is 2.12. The van der Waals surface area contributed by atoms with Crippen LogP contribution in [0.4, 0.5) is 5.82 Å². The monoisotopic (exact) mass is 149 g/mol. The fourth-order valence-electron chi connectivity index (χ4n) is 0.348. The van der Waals surface area contributed by atoms with Crippen molar-refractivity contribution in [1.29, 1.82) is 0 Å². The SMILES string of the molecule is Cl.O=[N+]([O-])c1cnc[nH]1. The van der Waals surface area contributed by atoms with Crippen LogP contribution in [0.2, 0.25) is 0 Å². The highest BCUT2D eigenvalue weighted by Gasteiger charge is 1.99. The molecule has 1 rings (SSSR count). The minimum absolute atomic E-state index is 0. The Balaban J connectivity index is 0.000000640. The van der Waals surface area contributed by atoms with Crippen LogP contribution in [0.25, 0.3) is 0 Å². The van der Waals surface area contributed by atoms with Crippen molar-refractivity contribution in [2.75, 3.05) is 0 Å². The van der Waals surface area contributed by atoms with Crippen molar-refractivity contribution < 1.29 is 4.92 Å². The second-order valence-electron chi connectivity index (χ2n) is 1.19. The third-order valence-corrected chi connectivity index (χ3v) is 0.680. The maximum Gasteiger partial charge on any atom is 0.340 e. The van der Waals surface area contributed by atoms with Crippen molar-refractivity contribution in [2.24, 2.45) is 0 Å².